The van der Waals surface area contributed by atoms with Crippen molar-refractivity contribution >= 4 is 5.69 Å². The summed E-state index contributed by atoms with van der Waals surface area (Å²) in [6.45, 7) is 3.43. The fourth-order valence-corrected chi connectivity index (χ4v) is 2.92. The topological polar surface area (TPSA) is 105 Å². The third-order valence-electron chi connectivity index (χ3n) is 4.12. The van der Waals surface area contributed by atoms with Crippen molar-refractivity contribution in [2.45, 2.75) is 31.5 Å². The molecule has 0 aliphatic carbocycles. The summed E-state index contributed by atoms with van der Waals surface area (Å²) in [6, 6.07) is 7.47. The highest BCUT2D eigenvalue weighted by Gasteiger charge is 2.44. The smallest absolute Gasteiger partial charge is 0.269 e. The zero-order valence-electron chi connectivity index (χ0n) is 12.6. The van der Waals surface area contributed by atoms with Crippen molar-refractivity contribution in [1.82, 2.24) is 4.98 Å². The highest BCUT2D eigenvalue weighted by molar-refractivity contribution is 5.51. The molecule has 0 amide bonds. The van der Waals surface area contributed by atoms with Gasteiger partial charge in [0, 0.05) is 35.4 Å². The molecule has 1 aliphatic rings. The predicted molar refractivity (Wildman–Crippen MR) is 82.7 cm³/mol. The summed E-state index contributed by atoms with van der Waals surface area (Å²) < 4.78 is 5.77. The molecule has 2 atom stereocenters. The predicted octanol–water partition coefficient (Wildman–Crippen LogP) is 1.95. The minimum atomic E-state index is -1.03. The van der Waals surface area contributed by atoms with E-state index in [1.165, 1.54) is 24.4 Å². The van der Waals surface area contributed by atoms with E-state index >= 15 is 0 Å². The third-order valence-corrected chi connectivity index (χ3v) is 4.12. The van der Waals surface area contributed by atoms with Crippen molar-refractivity contribution in [1.29, 1.82) is 0 Å². The lowest BCUT2D eigenvalue weighted by atomic mass is 9.78. The molecule has 0 radical (unpaired) electrons. The fraction of sp³-hybridized carbons (Fsp3) is 0.312. The number of fused-ring (bicyclic) bond motifs is 1. The molecular formula is C16H16N2O5. The van der Waals surface area contributed by atoms with Crippen molar-refractivity contribution in [3.8, 4) is 5.75 Å². The molecule has 7 heteroatoms. The first-order valence-corrected chi connectivity index (χ1v) is 7.14. The number of aliphatic hydroxyl groups is 1. The van der Waals surface area contributed by atoms with Crippen LogP contribution in [0, 0.1) is 10.1 Å². The summed E-state index contributed by atoms with van der Waals surface area (Å²) in [4.78, 5) is 25.3. The molecule has 23 heavy (non-hydrogen) atoms. The number of aliphatic hydroxyl groups excluding tert-OH is 1. The lowest BCUT2D eigenvalue weighted by Gasteiger charge is -2.41. The van der Waals surface area contributed by atoms with Gasteiger partial charge in [-0.15, -0.1) is 0 Å². The van der Waals surface area contributed by atoms with Crippen molar-refractivity contribution in [3.05, 3.63) is 68.1 Å². The van der Waals surface area contributed by atoms with Crippen LogP contribution in [0.2, 0.25) is 0 Å². The Bertz CT molecular complexity index is 827. The average molecular weight is 316 g/mol. The standard InChI is InChI=1S/C16H16N2O5/c1-16(2)14(19)13(10-4-3-7-17-15(10)20)11-8-9(18(21)22)5-6-12(11)23-16/h3-8,13-14,19H,1-2H3,(H,17,20). The van der Waals surface area contributed by atoms with Crippen molar-refractivity contribution in [2.75, 3.05) is 0 Å². The van der Waals surface area contributed by atoms with E-state index in [1.54, 1.807) is 26.0 Å². The molecular weight excluding hydrogens is 300 g/mol. The zero-order valence-corrected chi connectivity index (χ0v) is 12.6. The Balaban J connectivity index is 2.25. The summed E-state index contributed by atoms with van der Waals surface area (Å²) in [5.74, 6) is -0.280. The van der Waals surface area contributed by atoms with E-state index in [2.05, 4.69) is 4.98 Å². The number of ether oxygens (including phenoxy) is 1. The highest BCUT2D eigenvalue weighted by atomic mass is 16.6. The van der Waals surface area contributed by atoms with E-state index in [1.807, 2.05) is 0 Å². The van der Waals surface area contributed by atoms with E-state index in [9.17, 15) is 20.0 Å². The van der Waals surface area contributed by atoms with Gasteiger partial charge in [-0.3, -0.25) is 14.9 Å². The fourth-order valence-electron chi connectivity index (χ4n) is 2.92. The van der Waals surface area contributed by atoms with Gasteiger partial charge in [0.1, 0.15) is 17.5 Å². The average Bonchev–Trinajstić information content (AvgIpc) is 2.49. The number of aromatic amines is 1. The molecule has 0 fully saturated rings. The molecule has 1 aromatic carbocycles. The molecule has 1 aromatic heterocycles. The normalized spacial score (nSPS) is 22.0. The maximum atomic E-state index is 12.2. The molecule has 1 aliphatic heterocycles. The Hall–Kier alpha value is -2.67. The zero-order chi connectivity index (χ0) is 16.8. The number of non-ortho nitro benzene ring substituents is 1. The Kier molecular flexibility index (Phi) is 3.45. The number of hydrogen-bond acceptors (Lipinski definition) is 5. The van der Waals surface area contributed by atoms with Gasteiger partial charge in [-0.2, -0.15) is 0 Å². The molecule has 0 bridgehead atoms. The van der Waals surface area contributed by atoms with E-state index in [4.69, 9.17) is 4.74 Å². The van der Waals surface area contributed by atoms with Crippen LogP contribution in [-0.2, 0) is 0 Å². The second-order valence-corrected chi connectivity index (χ2v) is 6.06. The number of nitro benzene ring substituents is 1. The summed E-state index contributed by atoms with van der Waals surface area (Å²) in [5, 5.41) is 21.7. The number of H-pyrrole nitrogens is 1. The molecule has 2 aromatic rings. The van der Waals surface area contributed by atoms with E-state index in [0.717, 1.165) is 0 Å². The SMILES string of the molecule is CC1(C)Oc2ccc([N+](=O)[O-])cc2C(c2ccc[nH]c2=O)C1O. The van der Waals surface area contributed by atoms with Gasteiger partial charge >= 0.3 is 0 Å². The third kappa shape index (κ3) is 2.49. The monoisotopic (exact) mass is 316 g/mol. The van der Waals surface area contributed by atoms with Crippen molar-refractivity contribution in [2.24, 2.45) is 0 Å². The van der Waals surface area contributed by atoms with Crippen LogP contribution >= 0.6 is 0 Å². The van der Waals surface area contributed by atoms with Gasteiger partial charge in [0.05, 0.1) is 4.92 Å². The summed E-state index contributed by atoms with van der Waals surface area (Å²) in [7, 11) is 0. The van der Waals surface area contributed by atoms with Crippen LogP contribution in [0.5, 0.6) is 5.75 Å². The first kappa shape index (κ1) is 15.2. The largest absolute Gasteiger partial charge is 0.485 e. The lowest BCUT2D eigenvalue weighted by Crippen LogP contribution is -2.50. The molecule has 7 nitrogen and oxygen atoms in total. The number of pyridine rings is 1. The van der Waals surface area contributed by atoms with Gasteiger partial charge in [0.25, 0.3) is 11.2 Å². The molecule has 2 heterocycles. The van der Waals surface area contributed by atoms with Gasteiger partial charge in [-0.25, -0.2) is 0 Å². The van der Waals surface area contributed by atoms with Crippen LogP contribution in [-0.4, -0.2) is 26.7 Å². The number of hydrogen-bond donors (Lipinski definition) is 2. The van der Waals surface area contributed by atoms with E-state index in [0.29, 0.717) is 16.9 Å². The van der Waals surface area contributed by atoms with Crippen LogP contribution in [0.3, 0.4) is 0 Å². The molecule has 0 spiro atoms. The first-order valence-electron chi connectivity index (χ1n) is 7.14. The number of nitro groups is 1. The van der Waals surface area contributed by atoms with E-state index in [-0.39, 0.29) is 11.2 Å². The van der Waals surface area contributed by atoms with Gasteiger partial charge in [-0.05, 0) is 26.0 Å². The van der Waals surface area contributed by atoms with Gasteiger partial charge in [0.15, 0.2) is 0 Å². The Labute approximate surface area is 131 Å². The Morgan fingerprint density at radius 1 is 1.30 bits per heavy atom. The minimum absolute atomic E-state index is 0.114. The van der Waals surface area contributed by atoms with Crippen molar-refractivity contribution in [3.63, 3.8) is 0 Å². The number of nitrogens with one attached hydrogen (secondary N) is 1. The maximum absolute atomic E-state index is 12.2. The van der Waals surface area contributed by atoms with Crippen LogP contribution in [0.4, 0.5) is 5.69 Å². The maximum Gasteiger partial charge on any atom is 0.269 e. The number of benzene rings is 1. The molecule has 0 saturated heterocycles. The lowest BCUT2D eigenvalue weighted by molar-refractivity contribution is -0.385. The van der Waals surface area contributed by atoms with Crippen LogP contribution in [0.1, 0.15) is 30.9 Å². The summed E-state index contributed by atoms with van der Waals surface area (Å²) in [5.41, 5.74) is -0.611. The van der Waals surface area contributed by atoms with Gasteiger partial charge in [-0.1, -0.05) is 6.07 Å². The van der Waals surface area contributed by atoms with Crippen LogP contribution < -0.4 is 10.3 Å². The second kappa shape index (κ2) is 5.20. The molecule has 2 N–H and O–H groups in total. The first-order chi connectivity index (χ1) is 10.8. The molecule has 3 rings (SSSR count). The molecule has 0 saturated carbocycles. The van der Waals surface area contributed by atoms with Gasteiger partial charge in [0.2, 0.25) is 0 Å². The molecule has 120 valence electrons. The van der Waals surface area contributed by atoms with Crippen molar-refractivity contribution < 1.29 is 14.8 Å². The Morgan fingerprint density at radius 3 is 2.70 bits per heavy atom. The van der Waals surface area contributed by atoms with E-state index < -0.39 is 22.5 Å². The summed E-state index contributed by atoms with van der Waals surface area (Å²) in [6.07, 6.45) is 0.470. The van der Waals surface area contributed by atoms with Crippen LogP contribution in [0.15, 0.2) is 41.3 Å². The Morgan fingerprint density at radius 2 is 2.04 bits per heavy atom. The minimum Gasteiger partial charge on any atom is -0.485 e. The number of nitrogens with zero attached hydrogens (tertiary/aromatic N) is 1. The van der Waals surface area contributed by atoms with Gasteiger partial charge < -0.3 is 14.8 Å². The second-order valence-electron chi connectivity index (χ2n) is 6.06. The quantitative estimate of drug-likeness (QED) is 0.650. The highest BCUT2D eigenvalue weighted by Crippen LogP contribution is 2.44. The number of aromatic nitrogens is 1. The summed E-state index contributed by atoms with van der Waals surface area (Å²) >= 11 is 0. The molecule has 2 unspecified atom stereocenters. The van der Waals surface area contributed by atoms with Crippen LogP contribution in [0.25, 0.3) is 0 Å². The number of rotatable bonds is 2.